The summed E-state index contributed by atoms with van der Waals surface area (Å²) in [6.45, 7) is 0. The molecule has 0 saturated heterocycles. The number of hydrogen-bond acceptors (Lipinski definition) is 3. The average molecular weight is 141 g/mol. The maximum atomic E-state index is 5.85. The Morgan fingerprint density at radius 2 is 1.60 bits per heavy atom. The zero-order valence-corrected chi connectivity index (χ0v) is 6.03. The van der Waals surface area contributed by atoms with E-state index in [9.17, 15) is 0 Å². The minimum Gasteiger partial charge on any atom is -0.327 e. The van der Waals surface area contributed by atoms with Crippen molar-refractivity contribution in [3.8, 4) is 0 Å². The maximum absolute atomic E-state index is 5.85. The van der Waals surface area contributed by atoms with Crippen molar-refractivity contribution < 1.29 is 0 Å². The van der Waals surface area contributed by atoms with Crippen LogP contribution in [0.15, 0.2) is 0 Å². The Hall–Kier alpha value is -0.120. The highest BCUT2D eigenvalue weighted by Gasteiger charge is 2.48. The van der Waals surface area contributed by atoms with Crippen LogP contribution in [-0.2, 0) is 0 Å². The minimum absolute atomic E-state index is 0.175. The summed E-state index contributed by atoms with van der Waals surface area (Å²) in [4.78, 5) is 0. The summed E-state index contributed by atoms with van der Waals surface area (Å²) in [7, 11) is 0. The molecule has 3 heteroatoms. The highest BCUT2D eigenvalue weighted by molar-refractivity contribution is 5.06. The van der Waals surface area contributed by atoms with Crippen LogP contribution in [0.3, 0.4) is 0 Å². The Morgan fingerprint density at radius 1 is 0.900 bits per heavy atom. The quantitative estimate of drug-likeness (QED) is 0.405. The number of rotatable bonds is 0. The highest BCUT2D eigenvalue weighted by atomic mass is 14.9. The minimum atomic E-state index is 0.175. The summed E-state index contributed by atoms with van der Waals surface area (Å²) in [5.41, 5.74) is 17.5. The molecule has 5 unspecified atom stereocenters. The standard InChI is InChI=1S/C7H15N3/c8-5-2-3-1-4(5)7(10)6(3)9/h3-7H,1-2,8-10H2. The molecule has 5 atom stereocenters. The van der Waals surface area contributed by atoms with Crippen LogP contribution >= 0.6 is 0 Å². The van der Waals surface area contributed by atoms with Crippen LogP contribution in [0.2, 0.25) is 0 Å². The molecule has 2 aliphatic carbocycles. The molecule has 0 heterocycles. The van der Waals surface area contributed by atoms with Crippen molar-refractivity contribution in [2.75, 3.05) is 0 Å². The van der Waals surface area contributed by atoms with Gasteiger partial charge in [-0.15, -0.1) is 0 Å². The molecule has 0 spiro atoms. The summed E-state index contributed by atoms with van der Waals surface area (Å²) in [6.07, 6.45) is 2.27. The first-order valence-corrected chi connectivity index (χ1v) is 3.97. The molecule has 58 valence electrons. The Bertz CT molecular complexity index is 146. The van der Waals surface area contributed by atoms with Crippen molar-refractivity contribution in [3.63, 3.8) is 0 Å². The van der Waals surface area contributed by atoms with Gasteiger partial charge < -0.3 is 17.2 Å². The van der Waals surface area contributed by atoms with Gasteiger partial charge in [-0.2, -0.15) is 0 Å². The van der Waals surface area contributed by atoms with E-state index < -0.39 is 0 Å². The van der Waals surface area contributed by atoms with Gasteiger partial charge in [-0.25, -0.2) is 0 Å². The van der Waals surface area contributed by atoms with Crippen molar-refractivity contribution in [2.24, 2.45) is 29.0 Å². The van der Waals surface area contributed by atoms with Crippen molar-refractivity contribution in [3.05, 3.63) is 0 Å². The molecule has 2 rings (SSSR count). The van der Waals surface area contributed by atoms with E-state index in [1.165, 1.54) is 6.42 Å². The van der Waals surface area contributed by atoms with Crippen LogP contribution < -0.4 is 17.2 Å². The molecule has 0 amide bonds. The fourth-order valence-electron chi connectivity index (χ4n) is 2.50. The summed E-state index contributed by atoms with van der Waals surface area (Å²) >= 11 is 0. The molecule has 2 saturated carbocycles. The topological polar surface area (TPSA) is 78.1 Å². The van der Waals surface area contributed by atoms with E-state index >= 15 is 0 Å². The van der Waals surface area contributed by atoms with Gasteiger partial charge in [0.1, 0.15) is 0 Å². The first kappa shape index (κ1) is 6.58. The van der Waals surface area contributed by atoms with Gasteiger partial charge in [-0.05, 0) is 24.7 Å². The van der Waals surface area contributed by atoms with Gasteiger partial charge in [-0.1, -0.05) is 0 Å². The molecule has 0 aromatic carbocycles. The average Bonchev–Trinajstić information content (AvgIpc) is 2.36. The molecule has 0 aliphatic heterocycles. The second-order valence-corrected chi connectivity index (χ2v) is 3.71. The molecule has 10 heavy (non-hydrogen) atoms. The van der Waals surface area contributed by atoms with Crippen LogP contribution in [0, 0.1) is 11.8 Å². The Balaban J connectivity index is 2.16. The molecule has 0 aromatic rings. The smallest absolute Gasteiger partial charge is 0.0238 e. The second kappa shape index (κ2) is 1.94. The Kier molecular flexibility index (Phi) is 1.27. The third-order valence-corrected chi connectivity index (χ3v) is 3.18. The second-order valence-electron chi connectivity index (χ2n) is 3.71. The number of nitrogens with two attached hydrogens (primary N) is 3. The van der Waals surface area contributed by atoms with Gasteiger partial charge >= 0.3 is 0 Å². The molecule has 0 radical (unpaired) electrons. The predicted octanol–water partition coefficient (Wildman–Crippen LogP) is -0.992. The SMILES string of the molecule is NC1CC2CC1C(N)C2N. The Morgan fingerprint density at radius 3 is 2.00 bits per heavy atom. The summed E-state index contributed by atoms with van der Waals surface area (Å²) < 4.78 is 0. The van der Waals surface area contributed by atoms with E-state index in [1.807, 2.05) is 0 Å². The lowest BCUT2D eigenvalue weighted by atomic mass is 9.88. The first-order valence-electron chi connectivity index (χ1n) is 3.97. The van der Waals surface area contributed by atoms with Crippen LogP contribution in [0.25, 0.3) is 0 Å². The molecule has 0 aromatic heterocycles. The van der Waals surface area contributed by atoms with Gasteiger partial charge in [-0.3, -0.25) is 0 Å². The van der Waals surface area contributed by atoms with Crippen molar-refractivity contribution in [1.29, 1.82) is 0 Å². The third-order valence-electron chi connectivity index (χ3n) is 3.18. The van der Waals surface area contributed by atoms with Gasteiger partial charge in [0, 0.05) is 18.1 Å². The molecule has 3 nitrogen and oxygen atoms in total. The molecular formula is C7H15N3. The largest absolute Gasteiger partial charge is 0.327 e. The zero-order valence-electron chi connectivity index (χ0n) is 6.03. The van der Waals surface area contributed by atoms with Gasteiger partial charge in [0.15, 0.2) is 0 Å². The predicted molar refractivity (Wildman–Crippen MR) is 40.1 cm³/mol. The highest BCUT2D eigenvalue weighted by Crippen LogP contribution is 2.42. The summed E-state index contributed by atoms with van der Waals surface area (Å²) in [5.74, 6) is 1.13. The van der Waals surface area contributed by atoms with E-state index in [0.717, 1.165) is 6.42 Å². The van der Waals surface area contributed by atoms with Gasteiger partial charge in [0.25, 0.3) is 0 Å². The van der Waals surface area contributed by atoms with Crippen molar-refractivity contribution >= 4 is 0 Å². The van der Waals surface area contributed by atoms with E-state index in [-0.39, 0.29) is 12.1 Å². The van der Waals surface area contributed by atoms with E-state index in [1.54, 1.807) is 0 Å². The van der Waals surface area contributed by atoms with Crippen LogP contribution in [0.1, 0.15) is 12.8 Å². The third kappa shape index (κ3) is 0.654. The zero-order chi connectivity index (χ0) is 7.30. The normalized spacial score (nSPS) is 59.7. The molecule has 2 bridgehead atoms. The lowest BCUT2D eigenvalue weighted by Gasteiger charge is -2.28. The summed E-state index contributed by atoms with van der Waals surface area (Å²) in [5, 5.41) is 0. The van der Waals surface area contributed by atoms with Crippen LogP contribution in [0.4, 0.5) is 0 Å². The Labute approximate surface area is 60.9 Å². The molecule has 6 N–H and O–H groups in total. The van der Waals surface area contributed by atoms with Crippen LogP contribution in [0.5, 0.6) is 0 Å². The van der Waals surface area contributed by atoms with Gasteiger partial charge in [0.2, 0.25) is 0 Å². The van der Waals surface area contributed by atoms with E-state index in [2.05, 4.69) is 0 Å². The molecular weight excluding hydrogens is 126 g/mol. The van der Waals surface area contributed by atoms with Crippen LogP contribution in [-0.4, -0.2) is 18.1 Å². The monoisotopic (exact) mass is 141 g/mol. The van der Waals surface area contributed by atoms with E-state index in [4.69, 9.17) is 17.2 Å². The molecule has 2 fully saturated rings. The lowest BCUT2D eigenvalue weighted by Crippen LogP contribution is -2.51. The number of hydrogen-bond donors (Lipinski definition) is 3. The maximum Gasteiger partial charge on any atom is 0.0238 e. The van der Waals surface area contributed by atoms with Crippen molar-refractivity contribution in [1.82, 2.24) is 0 Å². The fourth-order valence-corrected chi connectivity index (χ4v) is 2.50. The summed E-state index contributed by atoms with van der Waals surface area (Å²) in [6, 6.07) is 0.735. The number of fused-ring (bicyclic) bond motifs is 2. The first-order chi connectivity index (χ1) is 4.70. The lowest BCUT2D eigenvalue weighted by molar-refractivity contribution is 0.328. The van der Waals surface area contributed by atoms with Gasteiger partial charge in [0.05, 0.1) is 0 Å². The van der Waals surface area contributed by atoms with E-state index in [0.29, 0.717) is 17.9 Å². The fraction of sp³-hybridized carbons (Fsp3) is 1.00. The van der Waals surface area contributed by atoms with Crippen molar-refractivity contribution in [2.45, 2.75) is 31.0 Å². The molecule has 2 aliphatic rings.